The molecule has 1 unspecified atom stereocenters. The van der Waals surface area contributed by atoms with Crippen LogP contribution in [-0.4, -0.2) is 54.8 Å². The first-order valence-electron chi connectivity index (χ1n) is 11.1. The van der Waals surface area contributed by atoms with Gasteiger partial charge in [0.15, 0.2) is 11.6 Å². The highest BCUT2D eigenvalue weighted by Crippen LogP contribution is 2.32. The van der Waals surface area contributed by atoms with Crippen LogP contribution >= 0.6 is 11.3 Å². The first-order chi connectivity index (χ1) is 15.9. The molecule has 178 valence electrons. The van der Waals surface area contributed by atoms with Crippen LogP contribution in [0.15, 0.2) is 30.3 Å². The third-order valence-corrected chi connectivity index (χ3v) is 7.27. The number of urea groups is 1. The van der Waals surface area contributed by atoms with Gasteiger partial charge < -0.3 is 15.0 Å². The number of cyclic esters (lactones) is 1. The van der Waals surface area contributed by atoms with Crippen LogP contribution in [0.3, 0.4) is 0 Å². The maximum Gasteiger partial charge on any atom is 0.429 e. The highest BCUT2D eigenvalue weighted by Gasteiger charge is 2.36. The van der Waals surface area contributed by atoms with Crippen LogP contribution in [0.2, 0.25) is 0 Å². The normalized spacial score (nSPS) is 19.5. The van der Waals surface area contributed by atoms with Crippen LogP contribution in [0, 0.1) is 18.6 Å². The van der Waals surface area contributed by atoms with Gasteiger partial charge in [0.25, 0.3) is 0 Å². The molecule has 0 spiro atoms. The number of nitrogens with zero attached hydrogens (tertiary/aromatic N) is 2. The van der Waals surface area contributed by atoms with Gasteiger partial charge in [0.2, 0.25) is 0 Å². The van der Waals surface area contributed by atoms with Gasteiger partial charge in [0.1, 0.15) is 12.6 Å². The molecule has 2 aliphatic rings. The van der Waals surface area contributed by atoms with Gasteiger partial charge in [-0.25, -0.2) is 28.8 Å². The molecule has 7 nitrogen and oxygen atoms in total. The van der Waals surface area contributed by atoms with Gasteiger partial charge in [-0.3, -0.25) is 0 Å². The zero-order valence-corrected chi connectivity index (χ0v) is 19.3. The summed E-state index contributed by atoms with van der Waals surface area (Å²) in [5.41, 5.74) is 2.79. The number of carbonyl (C=O) groups is 2. The first kappa shape index (κ1) is 23.4. The van der Waals surface area contributed by atoms with Crippen LogP contribution in [0.1, 0.15) is 46.5 Å². The number of likely N-dealkylation sites (tertiary alicyclic amines) is 1. The Morgan fingerprint density at radius 1 is 1.18 bits per heavy atom. The molecule has 0 radical (unpaired) electrons. The van der Waals surface area contributed by atoms with Gasteiger partial charge in [-0.2, -0.15) is 0 Å². The molecule has 2 N–H and O–H groups in total. The summed E-state index contributed by atoms with van der Waals surface area (Å²) in [6, 6.07) is 6.49. The summed E-state index contributed by atoms with van der Waals surface area (Å²) in [5.74, 6) is -1.36. The second kappa shape index (κ2) is 10.5. The molecule has 0 aliphatic carbocycles. The monoisotopic (exact) mass is 478 g/mol. The Kier molecular flexibility index (Phi) is 7.44. The highest BCUT2D eigenvalue weighted by molar-refractivity contribution is 7.12. The Hall–Kier alpha value is -2.72. The van der Waals surface area contributed by atoms with Gasteiger partial charge in [-0.05, 0) is 81.6 Å². The molecular formula is C23H28F2N4O3S. The molecule has 0 bridgehead atoms. The number of piperidine rings is 1. The first-order valence-corrected chi connectivity index (χ1v) is 12.0. The molecule has 2 saturated heterocycles. The van der Waals surface area contributed by atoms with Gasteiger partial charge in [0, 0.05) is 16.3 Å². The van der Waals surface area contributed by atoms with Gasteiger partial charge in [-0.15, -0.1) is 11.3 Å². The number of hydrogen-bond donors (Lipinski definition) is 2. The van der Waals surface area contributed by atoms with Crippen molar-refractivity contribution in [1.29, 1.82) is 0 Å². The SMILES string of the molecule is Cc1ccc(C2CCN(CCCNC(=O)NN3C(=O)OCC3c3ccc(F)c(F)c3)CC2)s1. The zero-order chi connectivity index (χ0) is 23.4. The van der Waals surface area contributed by atoms with Crippen LogP contribution in [0.25, 0.3) is 0 Å². The fourth-order valence-electron chi connectivity index (χ4n) is 4.28. The summed E-state index contributed by atoms with van der Waals surface area (Å²) in [6.45, 7) is 5.51. The molecule has 1 aromatic carbocycles. The number of ether oxygens (including phenoxy) is 1. The largest absolute Gasteiger partial charge is 0.446 e. The Labute approximate surface area is 195 Å². The number of carbonyl (C=O) groups excluding carboxylic acids is 2. The minimum atomic E-state index is -1.02. The predicted octanol–water partition coefficient (Wildman–Crippen LogP) is 4.31. The quantitative estimate of drug-likeness (QED) is 0.582. The Balaban J connectivity index is 1.18. The molecule has 0 saturated carbocycles. The maximum atomic E-state index is 13.6. The summed E-state index contributed by atoms with van der Waals surface area (Å²) in [5, 5.41) is 3.74. The van der Waals surface area contributed by atoms with Crippen molar-refractivity contribution in [2.45, 2.75) is 38.1 Å². The third-order valence-electron chi connectivity index (χ3n) is 6.11. The molecule has 2 fully saturated rings. The molecule has 1 aromatic heterocycles. The van der Waals surface area contributed by atoms with E-state index in [2.05, 4.69) is 34.7 Å². The summed E-state index contributed by atoms with van der Waals surface area (Å²) >= 11 is 1.89. The van der Waals surface area contributed by atoms with E-state index in [-0.39, 0.29) is 6.61 Å². The van der Waals surface area contributed by atoms with Crippen molar-refractivity contribution >= 4 is 23.5 Å². The average Bonchev–Trinajstić information content (AvgIpc) is 3.39. The molecule has 3 heterocycles. The number of benzene rings is 1. The molecule has 2 aliphatic heterocycles. The zero-order valence-electron chi connectivity index (χ0n) is 18.5. The minimum Gasteiger partial charge on any atom is -0.446 e. The van der Waals surface area contributed by atoms with Gasteiger partial charge in [0.05, 0.1) is 0 Å². The number of hydrogen-bond acceptors (Lipinski definition) is 5. The molecule has 3 amide bonds. The molecular weight excluding hydrogens is 450 g/mol. The van der Waals surface area contributed by atoms with E-state index in [1.54, 1.807) is 0 Å². The van der Waals surface area contributed by atoms with E-state index < -0.39 is 29.8 Å². The smallest absolute Gasteiger partial charge is 0.429 e. The van der Waals surface area contributed by atoms with E-state index in [0.29, 0.717) is 18.0 Å². The van der Waals surface area contributed by atoms with Crippen molar-refractivity contribution in [1.82, 2.24) is 20.7 Å². The molecule has 2 aromatic rings. The Morgan fingerprint density at radius 2 is 1.97 bits per heavy atom. The van der Waals surface area contributed by atoms with Crippen molar-refractivity contribution in [3.05, 3.63) is 57.3 Å². The molecule has 1 atom stereocenters. The van der Waals surface area contributed by atoms with Crippen LogP contribution in [-0.2, 0) is 4.74 Å². The van der Waals surface area contributed by atoms with E-state index in [4.69, 9.17) is 4.74 Å². The van der Waals surface area contributed by atoms with Crippen molar-refractivity contribution < 1.29 is 23.1 Å². The molecule has 33 heavy (non-hydrogen) atoms. The maximum absolute atomic E-state index is 13.6. The summed E-state index contributed by atoms with van der Waals surface area (Å²) in [4.78, 5) is 29.5. The Morgan fingerprint density at radius 3 is 2.67 bits per heavy atom. The summed E-state index contributed by atoms with van der Waals surface area (Å²) < 4.78 is 31.7. The topological polar surface area (TPSA) is 73.9 Å². The van der Waals surface area contributed by atoms with E-state index in [1.807, 2.05) is 11.3 Å². The lowest BCUT2D eigenvalue weighted by molar-refractivity contribution is 0.141. The van der Waals surface area contributed by atoms with E-state index in [1.165, 1.54) is 15.8 Å². The Bertz CT molecular complexity index is 994. The number of halogens is 2. The van der Waals surface area contributed by atoms with E-state index in [9.17, 15) is 18.4 Å². The lowest BCUT2D eigenvalue weighted by Gasteiger charge is -2.31. The average molecular weight is 479 g/mol. The lowest BCUT2D eigenvalue weighted by atomic mass is 9.95. The molecule has 10 heteroatoms. The number of rotatable bonds is 7. The fourth-order valence-corrected chi connectivity index (χ4v) is 5.32. The number of amides is 3. The van der Waals surface area contributed by atoms with Crippen molar-refractivity contribution in [3.63, 3.8) is 0 Å². The van der Waals surface area contributed by atoms with Crippen LogP contribution in [0.4, 0.5) is 18.4 Å². The number of nitrogens with one attached hydrogen (secondary N) is 2. The van der Waals surface area contributed by atoms with Gasteiger partial charge in [-0.1, -0.05) is 6.07 Å². The number of aryl methyl sites for hydroxylation is 1. The summed E-state index contributed by atoms with van der Waals surface area (Å²) in [6.07, 6.45) is 2.34. The number of thiophene rings is 1. The van der Waals surface area contributed by atoms with Crippen LogP contribution < -0.4 is 10.7 Å². The highest BCUT2D eigenvalue weighted by atomic mass is 32.1. The van der Waals surface area contributed by atoms with E-state index in [0.717, 1.165) is 56.0 Å². The van der Waals surface area contributed by atoms with Crippen molar-refractivity contribution in [2.24, 2.45) is 0 Å². The standard InChI is InChI=1S/C23H28F2N4O3S/c1-15-3-6-21(33-15)16-7-11-28(12-8-16)10-2-9-26-22(30)27-29-20(14-32-23(29)31)17-4-5-18(24)19(25)13-17/h3-6,13,16,20H,2,7-12,14H2,1H3,(H2,26,27,30). The molecule has 4 rings (SSSR count). The second-order valence-corrected chi connectivity index (χ2v) is 9.74. The third kappa shape index (κ3) is 5.80. The number of hydrazine groups is 1. The van der Waals surface area contributed by atoms with Gasteiger partial charge >= 0.3 is 12.1 Å². The van der Waals surface area contributed by atoms with E-state index >= 15 is 0 Å². The second-order valence-electron chi connectivity index (χ2n) is 8.42. The van der Waals surface area contributed by atoms with Crippen molar-refractivity contribution in [3.8, 4) is 0 Å². The van der Waals surface area contributed by atoms with Crippen LogP contribution in [0.5, 0.6) is 0 Å². The lowest BCUT2D eigenvalue weighted by Crippen LogP contribution is -2.49. The van der Waals surface area contributed by atoms with Crippen molar-refractivity contribution in [2.75, 3.05) is 32.8 Å². The fraction of sp³-hybridized carbons (Fsp3) is 0.478. The predicted molar refractivity (Wildman–Crippen MR) is 121 cm³/mol. The minimum absolute atomic E-state index is 0.0643. The summed E-state index contributed by atoms with van der Waals surface area (Å²) in [7, 11) is 0.